The zero-order chi connectivity index (χ0) is 13.2. The van der Waals surface area contributed by atoms with Gasteiger partial charge in [0.2, 0.25) is 0 Å². The molecule has 0 N–H and O–H groups in total. The summed E-state index contributed by atoms with van der Waals surface area (Å²) < 4.78 is 19.0. The van der Waals surface area contributed by atoms with Gasteiger partial charge in [-0.05, 0) is 12.5 Å². The van der Waals surface area contributed by atoms with Crippen LogP contribution in [0.3, 0.4) is 0 Å². The van der Waals surface area contributed by atoms with Gasteiger partial charge in [-0.25, -0.2) is 9.37 Å². The van der Waals surface area contributed by atoms with Crippen LogP contribution in [-0.2, 0) is 5.88 Å². The third kappa shape index (κ3) is 5.21. The summed E-state index contributed by atoms with van der Waals surface area (Å²) in [4.78, 5) is 3.88. The maximum Gasteiger partial charge on any atom is 0.250 e. The molecule has 0 spiro atoms. The Bertz CT molecular complexity index is 347. The Kier molecular flexibility index (Phi) is 7.74. The predicted molar refractivity (Wildman–Crippen MR) is 72.6 cm³/mol. The van der Waals surface area contributed by atoms with E-state index in [0.717, 1.165) is 12.8 Å². The SMILES string of the molecule is CCCCCCCCOc1nccc(CCl)c1F. The van der Waals surface area contributed by atoms with Crippen molar-refractivity contribution in [1.29, 1.82) is 0 Å². The van der Waals surface area contributed by atoms with Crippen molar-refractivity contribution in [2.45, 2.75) is 51.3 Å². The van der Waals surface area contributed by atoms with E-state index < -0.39 is 5.82 Å². The number of rotatable bonds is 9. The molecule has 0 amide bonds. The first-order valence-electron chi connectivity index (χ1n) is 6.61. The number of alkyl halides is 1. The molecule has 0 aromatic carbocycles. The minimum atomic E-state index is -0.432. The van der Waals surface area contributed by atoms with Gasteiger partial charge in [0.05, 0.1) is 12.5 Å². The van der Waals surface area contributed by atoms with Crippen molar-refractivity contribution >= 4 is 11.6 Å². The van der Waals surface area contributed by atoms with Gasteiger partial charge in [-0.1, -0.05) is 39.0 Å². The molecule has 0 atom stereocenters. The van der Waals surface area contributed by atoms with Crippen molar-refractivity contribution in [2.75, 3.05) is 6.61 Å². The highest BCUT2D eigenvalue weighted by Crippen LogP contribution is 2.19. The molecule has 0 aliphatic rings. The van der Waals surface area contributed by atoms with Gasteiger partial charge in [0, 0.05) is 11.8 Å². The highest BCUT2D eigenvalue weighted by molar-refractivity contribution is 6.17. The zero-order valence-electron chi connectivity index (χ0n) is 10.9. The van der Waals surface area contributed by atoms with Crippen molar-refractivity contribution in [3.05, 3.63) is 23.6 Å². The summed E-state index contributed by atoms with van der Waals surface area (Å²) in [6, 6.07) is 1.57. The van der Waals surface area contributed by atoms with Gasteiger partial charge >= 0.3 is 0 Å². The quantitative estimate of drug-likeness (QED) is 0.481. The number of nitrogens with zero attached hydrogens (tertiary/aromatic N) is 1. The second-order valence-corrected chi connectivity index (χ2v) is 4.61. The molecule has 102 valence electrons. The summed E-state index contributed by atoms with van der Waals surface area (Å²) >= 11 is 5.61. The fourth-order valence-electron chi connectivity index (χ4n) is 1.72. The topological polar surface area (TPSA) is 22.1 Å². The molecule has 0 aliphatic carbocycles. The predicted octanol–water partition coefficient (Wildman–Crippen LogP) is 4.70. The zero-order valence-corrected chi connectivity index (χ0v) is 11.7. The summed E-state index contributed by atoms with van der Waals surface area (Å²) in [7, 11) is 0. The Balaban J connectivity index is 2.23. The second kappa shape index (κ2) is 9.15. The first kappa shape index (κ1) is 15.2. The summed E-state index contributed by atoms with van der Waals surface area (Å²) in [5.74, 6) is -0.220. The fourth-order valence-corrected chi connectivity index (χ4v) is 1.92. The lowest BCUT2D eigenvalue weighted by atomic mass is 10.1. The molecule has 1 aromatic rings. The molecule has 0 aliphatic heterocycles. The number of hydrogen-bond acceptors (Lipinski definition) is 2. The Morgan fingerprint density at radius 3 is 2.67 bits per heavy atom. The number of ether oxygens (including phenoxy) is 1. The smallest absolute Gasteiger partial charge is 0.250 e. The first-order valence-corrected chi connectivity index (χ1v) is 7.15. The molecular formula is C14H21ClFNO. The van der Waals surface area contributed by atoms with E-state index in [0.29, 0.717) is 12.2 Å². The number of hydrogen-bond donors (Lipinski definition) is 0. The van der Waals surface area contributed by atoms with Crippen LogP contribution >= 0.6 is 11.6 Å². The molecule has 18 heavy (non-hydrogen) atoms. The van der Waals surface area contributed by atoms with Crippen LogP contribution in [0.15, 0.2) is 12.3 Å². The average molecular weight is 274 g/mol. The van der Waals surface area contributed by atoms with E-state index in [1.807, 2.05) is 0 Å². The maximum absolute atomic E-state index is 13.7. The largest absolute Gasteiger partial charge is 0.476 e. The molecule has 1 heterocycles. The van der Waals surface area contributed by atoms with E-state index in [1.165, 1.54) is 31.9 Å². The van der Waals surface area contributed by atoms with E-state index in [4.69, 9.17) is 16.3 Å². The molecule has 1 rings (SSSR count). The van der Waals surface area contributed by atoms with Crippen LogP contribution in [0.25, 0.3) is 0 Å². The van der Waals surface area contributed by atoms with Gasteiger partial charge in [0.15, 0.2) is 5.82 Å². The highest BCUT2D eigenvalue weighted by Gasteiger charge is 2.09. The Hall–Kier alpha value is -0.830. The van der Waals surface area contributed by atoms with Crippen molar-refractivity contribution in [3.8, 4) is 5.88 Å². The van der Waals surface area contributed by atoms with Gasteiger partial charge in [-0.15, -0.1) is 11.6 Å². The van der Waals surface area contributed by atoms with Gasteiger partial charge in [-0.2, -0.15) is 0 Å². The van der Waals surface area contributed by atoms with Crippen molar-refractivity contribution in [1.82, 2.24) is 4.98 Å². The van der Waals surface area contributed by atoms with E-state index in [9.17, 15) is 4.39 Å². The Morgan fingerprint density at radius 1 is 1.22 bits per heavy atom. The monoisotopic (exact) mass is 273 g/mol. The normalized spacial score (nSPS) is 10.6. The fraction of sp³-hybridized carbons (Fsp3) is 0.643. The molecule has 4 heteroatoms. The van der Waals surface area contributed by atoms with Crippen LogP contribution in [0, 0.1) is 5.82 Å². The van der Waals surface area contributed by atoms with Crippen LogP contribution in [0.2, 0.25) is 0 Å². The van der Waals surface area contributed by atoms with Crippen LogP contribution in [-0.4, -0.2) is 11.6 Å². The van der Waals surface area contributed by atoms with E-state index in [-0.39, 0.29) is 11.8 Å². The number of unbranched alkanes of at least 4 members (excludes halogenated alkanes) is 5. The molecule has 0 fully saturated rings. The molecule has 0 bridgehead atoms. The van der Waals surface area contributed by atoms with Crippen molar-refractivity contribution in [3.63, 3.8) is 0 Å². The third-order valence-corrected chi connectivity index (χ3v) is 3.11. The van der Waals surface area contributed by atoms with E-state index in [2.05, 4.69) is 11.9 Å². The molecule has 2 nitrogen and oxygen atoms in total. The molecule has 0 radical (unpaired) electrons. The maximum atomic E-state index is 13.7. The third-order valence-electron chi connectivity index (χ3n) is 2.82. The lowest BCUT2D eigenvalue weighted by Gasteiger charge is -2.07. The molecule has 1 aromatic heterocycles. The van der Waals surface area contributed by atoms with Crippen molar-refractivity contribution in [2.24, 2.45) is 0 Å². The van der Waals surface area contributed by atoms with Gasteiger partial charge in [0.1, 0.15) is 0 Å². The van der Waals surface area contributed by atoms with E-state index >= 15 is 0 Å². The molecular weight excluding hydrogens is 253 g/mol. The van der Waals surface area contributed by atoms with E-state index in [1.54, 1.807) is 6.07 Å². The average Bonchev–Trinajstić information content (AvgIpc) is 2.39. The number of halogens is 2. The van der Waals surface area contributed by atoms with Crippen LogP contribution in [0.4, 0.5) is 4.39 Å². The van der Waals surface area contributed by atoms with Crippen LogP contribution < -0.4 is 4.74 Å². The number of aromatic nitrogens is 1. The minimum absolute atomic E-state index is 0.0710. The van der Waals surface area contributed by atoms with Gasteiger partial charge in [-0.3, -0.25) is 0 Å². The number of pyridine rings is 1. The van der Waals surface area contributed by atoms with Crippen LogP contribution in [0.5, 0.6) is 5.88 Å². The Morgan fingerprint density at radius 2 is 1.94 bits per heavy atom. The minimum Gasteiger partial charge on any atom is -0.476 e. The summed E-state index contributed by atoms with van der Waals surface area (Å²) in [5.41, 5.74) is 0.435. The standard InChI is InChI=1S/C14H21ClFNO/c1-2-3-4-5-6-7-10-18-14-13(16)12(11-15)8-9-17-14/h8-9H,2-7,10-11H2,1H3. The highest BCUT2D eigenvalue weighted by atomic mass is 35.5. The van der Waals surface area contributed by atoms with Gasteiger partial charge in [0.25, 0.3) is 5.88 Å². The molecule has 0 saturated carbocycles. The molecule has 0 saturated heterocycles. The second-order valence-electron chi connectivity index (χ2n) is 4.34. The lowest BCUT2D eigenvalue weighted by molar-refractivity contribution is 0.277. The summed E-state index contributed by atoms with van der Waals surface area (Å²) in [5, 5.41) is 0. The Labute approximate surface area is 114 Å². The summed E-state index contributed by atoms with van der Waals surface area (Å²) in [6.07, 6.45) is 8.61. The van der Waals surface area contributed by atoms with Crippen molar-refractivity contribution < 1.29 is 9.13 Å². The lowest BCUT2D eigenvalue weighted by Crippen LogP contribution is -2.02. The first-order chi connectivity index (χ1) is 8.79. The van der Waals surface area contributed by atoms with Gasteiger partial charge < -0.3 is 4.74 Å². The summed E-state index contributed by atoms with van der Waals surface area (Å²) in [6.45, 7) is 2.71. The van der Waals surface area contributed by atoms with Crippen LogP contribution in [0.1, 0.15) is 51.0 Å². The molecule has 0 unspecified atom stereocenters.